The van der Waals surface area contributed by atoms with Gasteiger partial charge in [0.1, 0.15) is 16.5 Å². The van der Waals surface area contributed by atoms with E-state index in [1.165, 1.54) is 22.4 Å². The predicted molar refractivity (Wildman–Crippen MR) is 84.9 cm³/mol. The zero-order valence-corrected chi connectivity index (χ0v) is 14.5. The SMILES string of the molecule is CCOC(=O)N1CCCN(S(=O)(=O)c2cc(F)ccc2OC)CC1. The number of carbonyl (C=O) groups excluding carboxylic acids is 1. The Bertz CT molecular complexity index is 695. The first-order valence-electron chi connectivity index (χ1n) is 7.65. The van der Waals surface area contributed by atoms with Gasteiger partial charge in [0, 0.05) is 26.2 Å². The third kappa shape index (κ3) is 3.96. The topological polar surface area (TPSA) is 76.2 Å². The summed E-state index contributed by atoms with van der Waals surface area (Å²) in [5.41, 5.74) is 0. The summed E-state index contributed by atoms with van der Waals surface area (Å²) >= 11 is 0. The molecule has 1 aromatic rings. The number of halogens is 1. The van der Waals surface area contributed by atoms with Gasteiger partial charge in [-0.05, 0) is 31.5 Å². The van der Waals surface area contributed by atoms with Crippen LogP contribution in [0.15, 0.2) is 23.1 Å². The lowest BCUT2D eigenvalue weighted by Crippen LogP contribution is -2.37. The van der Waals surface area contributed by atoms with Gasteiger partial charge in [0.2, 0.25) is 10.0 Å². The van der Waals surface area contributed by atoms with Crippen molar-refractivity contribution in [3.63, 3.8) is 0 Å². The van der Waals surface area contributed by atoms with Gasteiger partial charge in [-0.1, -0.05) is 0 Å². The maximum absolute atomic E-state index is 13.5. The van der Waals surface area contributed by atoms with Gasteiger partial charge in [-0.3, -0.25) is 0 Å². The molecule has 24 heavy (non-hydrogen) atoms. The molecule has 0 N–H and O–H groups in total. The summed E-state index contributed by atoms with van der Waals surface area (Å²) in [5, 5.41) is 0. The van der Waals surface area contributed by atoms with E-state index in [9.17, 15) is 17.6 Å². The lowest BCUT2D eigenvalue weighted by Gasteiger charge is -2.22. The molecular weight excluding hydrogens is 339 g/mol. The number of amides is 1. The molecule has 1 aliphatic rings. The highest BCUT2D eigenvalue weighted by molar-refractivity contribution is 7.89. The maximum Gasteiger partial charge on any atom is 0.409 e. The standard InChI is InChI=1S/C15H21FN2O5S/c1-3-23-15(19)17-7-4-8-18(10-9-17)24(20,21)14-11-12(16)5-6-13(14)22-2/h5-6,11H,3-4,7-10H2,1-2H3. The summed E-state index contributed by atoms with van der Waals surface area (Å²) < 4.78 is 50.4. The van der Waals surface area contributed by atoms with Gasteiger partial charge in [0.15, 0.2) is 0 Å². The van der Waals surface area contributed by atoms with Crippen LogP contribution in [0.5, 0.6) is 5.75 Å². The first-order chi connectivity index (χ1) is 11.4. The molecule has 1 heterocycles. The molecule has 0 aromatic heterocycles. The van der Waals surface area contributed by atoms with E-state index in [1.807, 2.05) is 0 Å². The van der Waals surface area contributed by atoms with Crippen molar-refractivity contribution >= 4 is 16.1 Å². The molecule has 0 spiro atoms. The van der Waals surface area contributed by atoms with Crippen LogP contribution in [0.3, 0.4) is 0 Å². The fraction of sp³-hybridized carbons (Fsp3) is 0.533. The molecule has 9 heteroatoms. The van der Waals surface area contributed by atoms with Crippen molar-refractivity contribution in [1.82, 2.24) is 9.21 Å². The average molecular weight is 360 g/mol. The molecule has 1 fully saturated rings. The average Bonchev–Trinajstić information content (AvgIpc) is 2.81. The Morgan fingerprint density at radius 2 is 2.00 bits per heavy atom. The van der Waals surface area contributed by atoms with Crippen LogP contribution in [-0.4, -0.2) is 63.6 Å². The highest BCUT2D eigenvalue weighted by atomic mass is 32.2. The molecular formula is C15H21FN2O5S. The second-order valence-electron chi connectivity index (χ2n) is 5.24. The van der Waals surface area contributed by atoms with Gasteiger partial charge in [-0.25, -0.2) is 17.6 Å². The van der Waals surface area contributed by atoms with E-state index in [-0.39, 0.29) is 36.9 Å². The van der Waals surface area contributed by atoms with Crippen molar-refractivity contribution in [2.45, 2.75) is 18.2 Å². The minimum absolute atomic E-state index is 0.0860. The highest BCUT2D eigenvalue weighted by Crippen LogP contribution is 2.28. The third-order valence-electron chi connectivity index (χ3n) is 3.72. The van der Waals surface area contributed by atoms with Crippen molar-refractivity contribution in [2.24, 2.45) is 0 Å². The first-order valence-corrected chi connectivity index (χ1v) is 9.09. The molecule has 134 valence electrons. The second kappa shape index (κ2) is 7.80. The molecule has 1 aromatic carbocycles. The van der Waals surface area contributed by atoms with E-state index < -0.39 is 21.9 Å². The lowest BCUT2D eigenvalue weighted by atomic mass is 10.3. The van der Waals surface area contributed by atoms with Crippen LogP contribution in [0.4, 0.5) is 9.18 Å². The Balaban J connectivity index is 2.22. The number of carbonyl (C=O) groups is 1. The number of nitrogens with zero attached hydrogens (tertiary/aromatic N) is 2. The van der Waals surface area contributed by atoms with E-state index >= 15 is 0 Å². The van der Waals surface area contributed by atoms with Gasteiger partial charge < -0.3 is 14.4 Å². The fourth-order valence-corrected chi connectivity index (χ4v) is 4.16. The molecule has 1 amide bonds. The molecule has 0 radical (unpaired) electrons. The second-order valence-corrected chi connectivity index (χ2v) is 7.15. The summed E-state index contributed by atoms with van der Waals surface area (Å²) in [4.78, 5) is 13.0. The van der Waals surface area contributed by atoms with Crippen molar-refractivity contribution in [3.05, 3.63) is 24.0 Å². The maximum atomic E-state index is 13.5. The van der Waals surface area contributed by atoms with Crippen LogP contribution >= 0.6 is 0 Å². The number of sulfonamides is 1. The molecule has 0 aliphatic carbocycles. The summed E-state index contributed by atoms with van der Waals surface area (Å²) in [6, 6.07) is 3.37. The largest absolute Gasteiger partial charge is 0.495 e. The molecule has 1 saturated heterocycles. The van der Waals surface area contributed by atoms with Crippen LogP contribution < -0.4 is 4.74 Å². The molecule has 0 unspecified atom stereocenters. The predicted octanol–water partition coefficient (Wildman–Crippen LogP) is 1.69. The fourth-order valence-electron chi connectivity index (χ4n) is 2.52. The molecule has 0 atom stereocenters. The Hall–Kier alpha value is -1.87. The monoisotopic (exact) mass is 360 g/mol. The zero-order chi connectivity index (χ0) is 17.7. The Labute approximate surface area is 141 Å². The summed E-state index contributed by atoms with van der Waals surface area (Å²) in [6.45, 7) is 2.94. The third-order valence-corrected chi connectivity index (χ3v) is 5.64. The normalized spacial score (nSPS) is 16.5. The van der Waals surface area contributed by atoms with Crippen LogP contribution in [0.2, 0.25) is 0 Å². The number of hydrogen-bond acceptors (Lipinski definition) is 5. The number of hydrogen-bond donors (Lipinski definition) is 0. The van der Waals surface area contributed by atoms with Crippen molar-refractivity contribution in [2.75, 3.05) is 39.9 Å². The molecule has 7 nitrogen and oxygen atoms in total. The van der Waals surface area contributed by atoms with E-state index in [0.717, 1.165) is 12.1 Å². The van der Waals surface area contributed by atoms with Gasteiger partial charge in [0.05, 0.1) is 13.7 Å². The molecule has 1 aliphatic heterocycles. The number of methoxy groups -OCH3 is 1. The van der Waals surface area contributed by atoms with Gasteiger partial charge in [-0.2, -0.15) is 4.31 Å². The van der Waals surface area contributed by atoms with E-state index in [1.54, 1.807) is 6.92 Å². The Morgan fingerprint density at radius 1 is 1.25 bits per heavy atom. The molecule has 2 rings (SSSR count). The smallest absolute Gasteiger partial charge is 0.409 e. The van der Waals surface area contributed by atoms with Crippen molar-refractivity contribution in [3.8, 4) is 5.75 Å². The number of benzene rings is 1. The van der Waals surface area contributed by atoms with Crippen LogP contribution in [0, 0.1) is 5.82 Å². The van der Waals surface area contributed by atoms with Gasteiger partial charge >= 0.3 is 6.09 Å². The van der Waals surface area contributed by atoms with Crippen LogP contribution in [0.25, 0.3) is 0 Å². The van der Waals surface area contributed by atoms with Gasteiger partial charge in [-0.15, -0.1) is 0 Å². The lowest BCUT2D eigenvalue weighted by molar-refractivity contribution is 0.109. The number of ether oxygens (including phenoxy) is 2. The van der Waals surface area contributed by atoms with Gasteiger partial charge in [0.25, 0.3) is 0 Å². The first kappa shape index (κ1) is 18.5. The van der Waals surface area contributed by atoms with Crippen molar-refractivity contribution < 1.29 is 27.1 Å². The minimum Gasteiger partial charge on any atom is -0.495 e. The van der Waals surface area contributed by atoms with E-state index in [4.69, 9.17) is 9.47 Å². The number of rotatable bonds is 4. The quantitative estimate of drug-likeness (QED) is 0.817. The Morgan fingerprint density at radius 3 is 2.67 bits per heavy atom. The minimum atomic E-state index is -3.92. The zero-order valence-electron chi connectivity index (χ0n) is 13.7. The summed E-state index contributed by atoms with van der Waals surface area (Å²) in [6.07, 6.45) is 0.00968. The molecule has 0 saturated carbocycles. The Kier molecular flexibility index (Phi) is 6.00. The van der Waals surface area contributed by atoms with Crippen LogP contribution in [-0.2, 0) is 14.8 Å². The summed E-state index contributed by atoms with van der Waals surface area (Å²) in [5.74, 6) is -0.569. The molecule has 0 bridgehead atoms. The highest BCUT2D eigenvalue weighted by Gasteiger charge is 2.31. The van der Waals surface area contributed by atoms with Crippen molar-refractivity contribution in [1.29, 1.82) is 0 Å². The summed E-state index contributed by atoms with van der Waals surface area (Å²) in [7, 11) is -2.59. The van der Waals surface area contributed by atoms with Crippen LogP contribution in [0.1, 0.15) is 13.3 Å². The van der Waals surface area contributed by atoms with E-state index in [2.05, 4.69) is 0 Å². The van der Waals surface area contributed by atoms with E-state index in [0.29, 0.717) is 13.0 Å².